The molecule has 0 fully saturated rings. The van der Waals surface area contributed by atoms with Gasteiger partial charge in [0.1, 0.15) is 0 Å². The summed E-state index contributed by atoms with van der Waals surface area (Å²) in [6, 6.07) is 6.02. The quantitative estimate of drug-likeness (QED) is 0.717. The summed E-state index contributed by atoms with van der Waals surface area (Å²) in [7, 11) is 1.46. The van der Waals surface area contributed by atoms with Crippen molar-refractivity contribution in [1.29, 1.82) is 0 Å². The highest BCUT2D eigenvalue weighted by molar-refractivity contribution is 6.36. The molecule has 2 aromatic rings. The molecule has 0 saturated carbocycles. The lowest BCUT2D eigenvalue weighted by molar-refractivity contribution is -0.119. The van der Waals surface area contributed by atoms with Gasteiger partial charge < -0.3 is 19.5 Å². The molecule has 1 heterocycles. The van der Waals surface area contributed by atoms with E-state index in [1.54, 1.807) is 6.07 Å². The molecular weight excluding hydrogens is 383 g/mol. The van der Waals surface area contributed by atoms with Crippen LogP contribution in [0, 0.1) is 0 Å². The van der Waals surface area contributed by atoms with Crippen molar-refractivity contribution < 1.29 is 23.8 Å². The van der Waals surface area contributed by atoms with Gasteiger partial charge >= 0.3 is 5.97 Å². The van der Waals surface area contributed by atoms with Crippen LogP contribution < -0.4 is 14.8 Å². The Labute approximate surface area is 160 Å². The number of hydrogen-bond donors (Lipinski definition) is 1. The summed E-state index contributed by atoms with van der Waals surface area (Å²) >= 11 is 11.6. The third-order valence-corrected chi connectivity index (χ3v) is 3.59. The van der Waals surface area contributed by atoms with Crippen LogP contribution in [-0.4, -0.2) is 37.2 Å². The second kappa shape index (κ2) is 9.26. The van der Waals surface area contributed by atoms with Crippen LogP contribution in [0.5, 0.6) is 11.5 Å². The van der Waals surface area contributed by atoms with Crippen LogP contribution in [0.2, 0.25) is 10.0 Å². The van der Waals surface area contributed by atoms with Crippen molar-refractivity contribution in [2.75, 3.05) is 25.6 Å². The van der Waals surface area contributed by atoms with Crippen LogP contribution in [0.25, 0.3) is 0 Å². The van der Waals surface area contributed by atoms with E-state index in [0.29, 0.717) is 23.1 Å². The smallest absolute Gasteiger partial charge is 0.338 e. The summed E-state index contributed by atoms with van der Waals surface area (Å²) in [6.07, 6.45) is 1.33. The first-order valence-electron chi connectivity index (χ1n) is 7.53. The number of aromatic nitrogens is 1. The van der Waals surface area contributed by atoms with Crippen LogP contribution in [0.15, 0.2) is 30.5 Å². The van der Waals surface area contributed by atoms with Crippen molar-refractivity contribution in [2.24, 2.45) is 0 Å². The lowest BCUT2D eigenvalue weighted by atomic mass is 10.2. The minimum atomic E-state index is -0.684. The maximum atomic E-state index is 12.1. The van der Waals surface area contributed by atoms with Gasteiger partial charge in [0.25, 0.3) is 5.91 Å². The first kappa shape index (κ1) is 19.8. The molecule has 0 radical (unpaired) electrons. The number of methoxy groups -OCH3 is 1. The molecule has 1 amide bonds. The number of ether oxygens (including phenoxy) is 3. The van der Waals surface area contributed by atoms with E-state index in [1.807, 2.05) is 6.92 Å². The molecule has 0 aliphatic heterocycles. The van der Waals surface area contributed by atoms with Crippen LogP contribution in [0.4, 0.5) is 5.82 Å². The molecule has 138 valence electrons. The van der Waals surface area contributed by atoms with Gasteiger partial charge in [0.15, 0.2) is 23.9 Å². The van der Waals surface area contributed by atoms with E-state index < -0.39 is 18.5 Å². The molecule has 1 N–H and O–H groups in total. The van der Waals surface area contributed by atoms with Gasteiger partial charge in [-0.2, -0.15) is 0 Å². The number of nitrogens with one attached hydrogen (secondary N) is 1. The minimum Gasteiger partial charge on any atom is -0.493 e. The number of halogens is 2. The van der Waals surface area contributed by atoms with E-state index in [2.05, 4.69) is 10.3 Å². The number of carbonyl (C=O) groups excluding carboxylic acids is 2. The standard InChI is InChI=1S/C17H16Cl2N2O5/c1-3-25-13-5-4-10(6-14(13)24-2)17(23)26-9-15(22)21-16-12(19)7-11(18)8-20-16/h4-8H,3,9H2,1-2H3,(H,20,21,22). The number of carbonyl (C=O) groups is 2. The fraction of sp³-hybridized carbons (Fsp3) is 0.235. The molecular formula is C17H16Cl2N2O5. The molecule has 2 rings (SSSR count). The van der Waals surface area contributed by atoms with E-state index in [-0.39, 0.29) is 16.4 Å². The molecule has 0 atom stereocenters. The number of benzene rings is 1. The molecule has 1 aromatic heterocycles. The molecule has 0 aliphatic rings. The molecule has 26 heavy (non-hydrogen) atoms. The van der Waals surface area contributed by atoms with E-state index in [9.17, 15) is 9.59 Å². The fourth-order valence-corrected chi connectivity index (χ4v) is 2.39. The van der Waals surface area contributed by atoms with Crippen molar-refractivity contribution in [2.45, 2.75) is 6.92 Å². The van der Waals surface area contributed by atoms with E-state index in [1.165, 1.54) is 31.5 Å². The van der Waals surface area contributed by atoms with E-state index in [0.717, 1.165) is 0 Å². The Hall–Kier alpha value is -2.51. The molecule has 9 heteroatoms. The van der Waals surface area contributed by atoms with Gasteiger partial charge in [-0.3, -0.25) is 4.79 Å². The molecule has 1 aromatic carbocycles. The Bertz CT molecular complexity index is 814. The van der Waals surface area contributed by atoms with Crippen LogP contribution in [-0.2, 0) is 9.53 Å². The molecule has 0 aliphatic carbocycles. The number of nitrogens with zero attached hydrogens (tertiary/aromatic N) is 1. The van der Waals surface area contributed by atoms with Crippen LogP contribution >= 0.6 is 23.2 Å². The summed E-state index contributed by atoms with van der Waals surface area (Å²) in [5, 5.41) is 2.94. The predicted molar refractivity (Wildman–Crippen MR) is 97.3 cm³/mol. The number of rotatable bonds is 7. The zero-order valence-corrected chi connectivity index (χ0v) is 15.6. The third-order valence-electron chi connectivity index (χ3n) is 3.10. The zero-order chi connectivity index (χ0) is 19.1. The molecule has 0 saturated heterocycles. The molecule has 7 nitrogen and oxygen atoms in total. The van der Waals surface area contributed by atoms with E-state index >= 15 is 0 Å². The first-order valence-corrected chi connectivity index (χ1v) is 8.29. The maximum Gasteiger partial charge on any atom is 0.338 e. The highest BCUT2D eigenvalue weighted by Crippen LogP contribution is 2.28. The highest BCUT2D eigenvalue weighted by Gasteiger charge is 2.15. The van der Waals surface area contributed by atoms with Crippen molar-refractivity contribution in [3.63, 3.8) is 0 Å². The Morgan fingerprint density at radius 1 is 1.19 bits per heavy atom. The van der Waals surface area contributed by atoms with Gasteiger partial charge in [-0.15, -0.1) is 0 Å². The first-order chi connectivity index (χ1) is 12.4. The Morgan fingerprint density at radius 2 is 1.96 bits per heavy atom. The SMILES string of the molecule is CCOc1ccc(C(=O)OCC(=O)Nc2ncc(Cl)cc2Cl)cc1OC. The van der Waals surface area contributed by atoms with Gasteiger partial charge in [0.05, 0.1) is 29.3 Å². The van der Waals surface area contributed by atoms with Crippen molar-refractivity contribution in [1.82, 2.24) is 4.98 Å². The summed E-state index contributed by atoms with van der Waals surface area (Å²) in [5.41, 5.74) is 0.223. The lowest BCUT2D eigenvalue weighted by Crippen LogP contribution is -2.21. The number of anilines is 1. The normalized spacial score (nSPS) is 10.2. The third kappa shape index (κ3) is 5.24. The predicted octanol–water partition coefficient (Wildman–Crippen LogP) is 3.59. The minimum absolute atomic E-state index is 0.125. The summed E-state index contributed by atoms with van der Waals surface area (Å²) in [5.74, 6) is -0.250. The Kier molecular flexibility index (Phi) is 7.06. The van der Waals surface area contributed by atoms with Gasteiger partial charge in [-0.25, -0.2) is 9.78 Å². The topological polar surface area (TPSA) is 86.8 Å². The second-order valence-corrected chi connectivity index (χ2v) is 5.75. The van der Waals surface area contributed by atoms with Gasteiger partial charge in [0.2, 0.25) is 0 Å². The average Bonchev–Trinajstić information content (AvgIpc) is 2.62. The highest BCUT2D eigenvalue weighted by atomic mass is 35.5. The number of pyridine rings is 1. The molecule has 0 spiro atoms. The second-order valence-electron chi connectivity index (χ2n) is 4.91. The Balaban J connectivity index is 1.96. The molecule has 0 unspecified atom stereocenters. The monoisotopic (exact) mass is 398 g/mol. The number of amides is 1. The van der Waals surface area contributed by atoms with Crippen molar-refractivity contribution in [3.8, 4) is 11.5 Å². The summed E-state index contributed by atoms with van der Waals surface area (Å²) in [6.45, 7) is 1.79. The number of hydrogen-bond acceptors (Lipinski definition) is 6. The average molecular weight is 399 g/mol. The van der Waals surface area contributed by atoms with Crippen LogP contribution in [0.1, 0.15) is 17.3 Å². The van der Waals surface area contributed by atoms with Gasteiger partial charge in [-0.05, 0) is 31.2 Å². The fourth-order valence-electron chi connectivity index (χ4n) is 1.96. The number of esters is 1. The lowest BCUT2D eigenvalue weighted by Gasteiger charge is -2.11. The van der Waals surface area contributed by atoms with Crippen LogP contribution in [0.3, 0.4) is 0 Å². The Morgan fingerprint density at radius 3 is 2.62 bits per heavy atom. The van der Waals surface area contributed by atoms with Crippen molar-refractivity contribution >= 4 is 40.9 Å². The van der Waals surface area contributed by atoms with Crippen molar-refractivity contribution in [3.05, 3.63) is 46.1 Å². The van der Waals surface area contributed by atoms with E-state index in [4.69, 9.17) is 37.4 Å². The summed E-state index contributed by atoms with van der Waals surface area (Å²) < 4.78 is 15.5. The summed E-state index contributed by atoms with van der Waals surface area (Å²) in [4.78, 5) is 27.9. The maximum absolute atomic E-state index is 12.1. The van der Waals surface area contributed by atoms with Gasteiger partial charge in [-0.1, -0.05) is 23.2 Å². The van der Waals surface area contributed by atoms with Gasteiger partial charge in [0, 0.05) is 6.20 Å². The molecule has 0 bridgehead atoms. The largest absolute Gasteiger partial charge is 0.493 e. The zero-order valence-electron chi connectivity index (χ0n) is 14.0.